The maximum absolute atomic E-state index is 14.1. The summed E-state index contributed by atoms with van der Waals surface area (Å²) >= 11 is 0. The molecule has 0 fully saturated rings. The zero-order valence-electron chi connectivity index (χ0n) is 10.9. The SMILES string of the molecule is N#Cc1cccc(CN2Cc3ccc(N)cc3C2)c1F. The number of fused-ring (bicyclic) bond motifs is 1. The van der Waals surface area contributed by atoms with Gasteiger partial charge in [0, 0.05) is 30.9 Å². The van der Waals surface area contributed by atoms with E-state index in [1.807, 2.05) is 24.3 Å². The summed E-state index contributed by atoms with van der Waals surface area (Å²) in [5.74, 6) is -0.412. The molecule has 20 heavy (non-hydrogen) atoms. The third kappa shape index (κ3) is 2.24. The number of hydrogen-bond donors (Lipinski definition) is 1. The van der Waals surface area contributed by atoms with Gasteiger partial charge in [0.1, 0.15) is 11.9 Å². The van der Waals surface area contributed by atoms with Gasteiger partial charge >= 0.3 is 0 Å². The van der Waals surface area contributed by atoms with Crippen LogP contribution >= 0.6 is 0 Å². The molecule has 2 aromatic rings. The van der Waals surface area contributed by atoms with Crippen LogP contribution in [-0.2, 0) is 19.6 Å². The minimum Gasteiger partial charge on any atom is -0.399 e. The maximum Gasteiger partial charge on any atom is 0.145 e. The van der Waals surface area contributed by atoms with E-state index in [0.29, 0.717) is 12.1 Å². The average Bonchev–Trinajstić information content (AvgIpc) is 2.82. The predicted molar refractivity (Wildman–Crippen MR) is 74.9 cm³/mol. The van der Waals surface area contributed by atoms with E-state index in [0.717, 1.165) is 18.8 Å². The Labute approximate surface area is 117 Å². The molecule has 1 aliphatic heterocycles. The van der Waals surface area contributed by atoms with Gasteiger partial charge in [0.05, 0.1) is 5.56 Å². The second-order valence-electron chi connectivity index (χ2n) is 5.06. The van der Waals surface area contributed by atoms with Crippen molar-refractivity contribution < 1.29 is 4.39 Å². The Kier molecular flexibility index (Phi) is 3.13. The van der Waals surface area contributed by atoms with Crippen molar-refractivity contribution in [2.45, 2.75) is 19.6 Å². The first-order chi connectivity index (χ1) is 9.67. The second kappa shape index (κ2) is 4.95. The summed E-state index contributed by atoms with van der Waals surface area (Å²) in [6.07, 6.45) is 0. The number of benzene rings is 2. The van der Waals surface area contributed by atoms with Crippen molar-refractivity contribution in [3.63, 3.8) is 0 Å². The molecule has 0 saturated heterocycles. The fourth-order valence-electron chi connectivity index (χ4n) is 2.63. The standard InChI is InChI=1S/C16H14FN3/c17-16-11(7-18)2-1-3-13(16)9-20-8-12-4-5-15(19)6-14(12)10-20/h1-6H,8-10,19H2. The van der Waals surface area contributed by atoms with E-state index in [-0.39, 0.29) is 5.56 Å². The first-order valence-corrected chi connectivity index (χ1v) is 6.44. The van der Waals surface area contributed by atoms with Gasteiger partial charge in [-0.1, -0.05) is 18.2 Å². The van der Waals surface area contributed by atoms with E-state index in [1.54, 1.807) is 12.1 Å². The Balaban J connectivity index is 1.80. The molecule has 0 unspecified atom stereocenters. The first kappa shape index (κ1) is 12.6. The molecule has 2 N–H and O–H groups in total. The van der Waals surface area contributed by atoms with Crippen molar-refractivity contribution in [3.8, 4) is 6.07 Å². The molecule has 100 valence electrons. The van der Waals surface area contributed by atoms with Gasteiger partial charge in [0.25, 0.3) is 0 Å². The van der Waals surface area contributed by atoms with E-state index in [9.17, 15) is 4.39 Å². The van der Waals surface area contributed by atoms with Crippen LogP contribution in [0.3, 0.4) is 0 Å². The molecule has 0 bridgehead atoms. The lowest BCUT2D eigenvalue weighted by Crippen LogP contribution is -2.16. The zero-order valence-corrected chi connectivity index (χ0v) is 10.9. The lowest BCUT2D eigenvalue weighted by molar-refractivity contribution is 0.271. The molecule has 3 nitrogen and oxygen atoms in total. The van der Waals surface area contributed by atoms with Crippen LogP contribution in [0.25, 0.3) is 0 Å². The van der Waals surface area contributed by atoms with Gasteiger partial charge in [0.2, 0.25) is 0 Å². The van der Waals surface area contributed by atoms with Gasteiger partial charge in [-0.25, -0.2) is 4.39 Å². The van der Waals surface area contributed by atoms with Crippen LogP contribution in [0.15, 0.2) is 36.4 Å². The predicted octanol–water partition coefficient (Wildman–Crippen LogP) is 2.80. The third-order valence-electron chi connectivity index (χ3n) is 3.61. The summed E-state index contributed by atoms with van der Waals surface area (Å²) < 4.78 is 14.1. The van der Waals surface area contributed by atoms with Crippen molar-refractivity contribution in [2.75, 3.05) is 5.73 Å². The molecule has 1 heterocycles. The van der Waals surface area contributed by atoms with Gasteiger partial charge in [-0.05, 0) is 29.3 Å². The lowest BCUT2D eigenvalue weighted by atomic mass is 10.1. The van der Waals surface area contributed by atoms with Crippen LogP contribution in [0.2, 0.25) is 0 Å². The molecule has 0 aliphatic carbocycles. The largest absolute Gasteiger partial charge is 0.399 e. The average molecular weight is 267 g/mol. The van der Waals surface area contributed by atoms with Gasteiger partial charge in [-0.3, -0.25) is 4.90 Å². The van der Waals surface area contributed by atoms with E-state index >= 15 is 0 Å². The molecule has 0 atom stereocenters. The Bertz CT molecular complexity index is 703. The highest BCUT2D eigenvalue weighted by Gasteiger charge is 2.20. The van der Waals surface area contributed by atoms with Gasteiger partial charge in [-0.2, -0.15) is 5.26 Å². The molecule has 4 heteroatoms. The molecule has 1 aliphatic rings. The van der Waals surface area contributed by atoms with Gasteiger partial charge in [0.15, 0.2) is 0 Å². The highest BCUT2D eigenvalue weighted by atomic mass is 19.1. The first-order valence-electron chi connectivity index (χ1n) is 6.44. The van der Waals surface area contributed by atoms with E-state index in [4.69, 9.17) is 11.0 Å². The van der Waals surface area contributed by atoms with Crippen molar-refractivity contribution in [1.82, 2.24) is 4.90 Å². The Morgan fingerprint density at radius 3 is 2.80 bits per heavy atom. The molecule has 0 spiro atoms. The van der Waals surface area contributed by atoms with Crippen LogP contribution in [0.4, 0.5) is 10.1 Å². The summed E-state index contributed by atoms with van der Waals surface area (Å²) in [5, 5.41) is 8.86. The zero-order chi connectivity index (χ0) is 14.1. The smallest absolute Gasteiger partial charge is 0.145 e. The van der Waals surface area contributed by atoms with Crippen LogP contribution in [0.5, 0.6) is 0 Å². The van der Waals surface area contributed by atoms with Crippen LogP contribution in [-0.4, -0.2) is 4.90 Å². The Morgan fingerprint density at radius 2 is 2.00 bits per heavy atom. The lowest BCUT2D eigenvalue weighted by Gasteiger charge is -2.15. The van der Waals surface area contributed by atoms with E-state index in [2.05, 4.69) is 4.90 Å². The van der Waals surface area contributed by atoms with E-state index in [1.165, 1.54) is 17.2 Å². The molecule has 0 radical (unpaired) electrons. The van der Waals surface area contributed by atoms with Crippen LogP contribution < -0.4 is 5.73 Å². The Hall–Kier alpha value is -2.38. The molecular weight excluding hydrogens is 253 g/mol. The fourth-order valence-corrected chi connectivity index (χ4v) is 2.63. The number of anilines is 1. The second-order valence-corrected chi connectivity index (χ2v) is 5.06. The number of hydrogen-bond acceptors (Lipinski definition) is 3. The summed E-state index contributed by atoms with van der Waals surface area (Å²) in [5.41, 5.74) is 9.62. The van der Waals surface area contributed by atoms with Crippen molar-refractivity contribution >= 4 is 5.69 Å². The maximum atomic E-state index is 14.1. The number of nitrogens with zero attached hydrogens (tertiary/aromatic N) is 2. The summed E-state index contributed by atoms with van der Waals surface area (Å²) in [6, 6.07) is 12.7. The molecule has 2 aromatic carbocycles. The van der Waals surface area contributed by atoms with Crippen LogP contribution in [0.1, 0.15) is 22.3 Å². The number of rotatable bonds is 2. The third-order valence-corrected chi connectivity index (χ3v) is 3.61. The number of nitrogen functional groups attached to an aromatic ring is 1. The molecular formula is C16H14FN3. The summed E-state index contributed by atoms with van der Waals surface area (Å²) in [4.78, 5) is 2.14. The van der Waals surface area contributed by atoms with Crippen molar-refractivity contribution in [3.05, 3.63) is 64.5 Å². The van der Waals surface area contributed by atoms with Gasteiger partial charge < -0.3 is 5.73 Å². The minimum absolute atomic E-state index is 0.100. The highest BCUT2D eigenvalue weighted by Crippen LogP contribution is 2.26. The summed E-state index contributed by atoms with van der Waals surface area (Å²) in [6.45, 7) is 2.04. The van der Waals surface area contributed by atoms with Crippen molar-refractivity contribution in [1.29, 1.82) is 5.26 Å². The number of halogens is 1. The normalized spacial score (nSPS) is 14.0. The molecule has 0 saturated carbocycles. The van der Waals surface area contributed by atoms with Gasteiger partial charge in [-0.15, -0.1) is 0 Å². The molecule has 3 rings (SSSR count). The van der Waals surface area contributed by atoms with E-state index < -0.39 is 5.82 Å². The van der Waals surface area contributed by atoms with Crippen molar-refractivity contribution in [2.24, 2.45) is 0 Å². The molecule has 0 amide bonds. The molecule has 0 aromatic heterocycles. The monoisotopic (exact) mass is 267 g/mol. The number of nitrogens with two attached hydrogens (primary N) is 1. The topological polar surface area (TPSA) is 53.0 Å². The quantitative estimate of drug-likeness (QED) is 0.851. The summed E-state index contributed by atoms with van der Waals surface area (Å²) in [7, 11) is 0. The highest BCUT2D eigenvalue weighted by molar-refractivity contribution is 5.46. The minimum atomic E-state index is -0.412. The van der Waals surface area contributed by atoms with Crippen LogP contribution in [0, 0.1) is 17.1 Å². The Morgan fingerprint density at radius 1 is 1.20 bits per heavy atom. The number of nitriles is 1. The fraction of sp³-hybridized carbons (Fsp3) is 0.188.